The van der Waals surface area contributed by atoms with E-state index in [4.69, 9.17) is 5.11 Å². The summed E-state index contributed by atoms with van der Waals surface area (Å²) < 4.78 is 31.3. The van der Waals surface area contributed by atoms with Gasteiger partial charge in [-0.15, -0.1) is 5.10 Å². The third-order valence-electron chi connectivity index (χ3n) is 6.04. The molecular formula is C22H23F2N9O2. The van der Waals surface area contributed by atoms with Gasteiger partial charge in [0.2, 0.25) is 0 Å². The minimum atomic E-state index is -1.24. The van der Waals surface area contributed by atoms with E-state index in [9.17, 15) is 9.18 Å². The molecule has 1 aliphatic heterocycles. The van der Waals surface area contributed by atoms with Crippen LogP contribution >= 0.6 is 0 Å². The summed E-state index contributed by atoms with van der Waals surface area (Å²) in [5.41, 5.74) is 0.194. The third kappa shape index (κ3) is 4.36. The maximum atomic E-state index is 15.1. The first kappa shape index (κ1) is 22.6. The zero-order chi connectivity index (χ0) is 24.5. The van der Waals surface area contributed by atoms with E-state index in [1.165, 1.54) is 24.7 Å². The summed E-state index contributed by atoms with van der Waals surface area (Å²) >= 11 is 0. The fourth-order valence-corrected chi connectivity index (χ4v) is 4.29. The molecule has 0 spiro atoms. The van der Waals surface area contributed by atoms with Gasteiger partial charge in [-0.2, -0.15) is 4.80 Å². The summed E-state index contributed by atoms with van der Waals surface area (Å²) in [6.45, 7) is 4.12. The Morgan fingerprint density at radius 1 is 1.20 bits per heavy atom. The second kappa shape index (κ2) is 9.24. The van der Waals surface area contributed by atoms with Crippen LogP contribution in [-0.2, 0) is 6.54 Å². The second-order valence-corrected chi connectivity index (χ2v) is 8.33. The van der Waals surface area contributed by atoms with Gasteiger partial charge in [-0.1, -0.05) is 12.0 Å². The van der Waals surface area contributed by atoms with Crippen LogP contribution in [0.2, 0.25) is 0 Å². The number of aromatic nitrogens is 7. The predicted octanol–water partition coefficient (Wildman–Crippen LogP) is 3.39. The van der Waals surface area contributed by atoms with Crippen molar-refractivity contribution in [3.8, 4) is 0 Å². The Balaban J connectivity index is 1.36. The molecule has 3 aromatic heterocycles. The molecule has 1 aliphatic rings. The van der Waals surface area contributed by atoms with E-state index in [1.807, 2.05) is 6.92 Å². The zero-order valence-corrected chi connectivity index (χ0v) is 18.9. The summed E-state index contributed by atoms with van der Waals surface area (Å²) in [6.07, 6.45) is 5.05. The number of piperidine rings is 1. The van der Waals surface area contributed by atoms with Gasteiger partial charge >= 0.3 is 5.97 Å². The molecule has 11 nitrogen and oxygen atoms in total. The molecule has 0 atom stereocenters. The Morgan fingerprint density at radius 3 is 2.71 bits per heavy atom. The van der Waals surface area contributed by atoms with Crippen molar-refractivity contribution in [3.05, 3.63) is 47.9 Å². The van der Waals surface area contributed by atoms with Crippen molar-refractivity contribution in [1.82, 2.24) is 34.7 Å². The van der Waals surface area contributed by atoms with Gasteiger partial charge in [0.05, 0.1) is 23.2 Å². The molecule has 0 bridgehead atoms. The highest BCUT2D eigenvalue weighted by Gasteiger charge is 2.26. The number of anilines is 3. The van der Waals surface area contributed by atoms with E-state index in [-0.39, 0.29) is 28.5 Å². The van der Waals surface area contributed by atoms with Gasteiger partial charge < -0.3 is 19.9 Å². The van der Waals surface area contributed by atoms with Crippen LogP contribution in [0.3, 0.4) is 0 Å². The van der Waals surface area contributed by atoms with Gasteiger partial charge in [-0.3, -0.25) is 0 Å². The summed E-state index contributed by atoms with van der Waals surface area (Å²) in [5, 5.41) is 24.5. The summed E-state index contributed by atoms with van der Waals surface area (Å²) in [7, 11) is 0. The Kier molecular flexibility index (Phi) is 5.97. The monoisotopic (exact) mass is 483 g/mol. The van der Waals surface area contributed by atoms with E-state index < -0.39 is 17.6 Å². The Hall–Kier alpha value is -4.16. The number of aromatic carboxylic acids is 1. The molecule has 0 saturated carbocycles. The zero-order valence-electron chi connectivity index (χ0n) is 18.9. The highest BCUT2D eigenvalue weighted by Crippen LogP contribution is 2.33. The molecule has 1 saturated heterocycles. The molecule has 0 amide bonds. The average Bonchev–Trinajstić information content (AvgIpc) is 3.46. The van der Waals surface area contributed by atoms with E-state index in [0.717, 1.165) is 25.3 Å². The van der Waals surface area contributed by atoms with Crippen LogP contribution in [0.1, 0.15) is 42.6 Å². The van der Waals surface area contributed by atoms with Crippen LogP contribution in [0.5, 0.6) is 0 Å². The van der Waals surface area contributed by atoms with Gasteiger partial charge in [0, 0.05) is 25.3 Å². The first-order valence-electron chi connectivity index (χ1n) is 11.3. The van der Waals surface area contributed by atoms with Crippen molar-refractivity contribution in [3.63, 3.8) is 0 Å². The lowest BCUT2D eigenvalue weighted by molar-refractivity contribution is 0.0696. The summed E-state index contributed by atoms with van der Waals surface area (Å²) in [4.78, 5) is 23.1. The molecule has 0 radical (unpaired) electrons. The van der Waals surface area contributed by atoms with E-state index >= 15 is 4.39 Å². The number of carbonyl (C=O) groups is 1. The molecule has 0 aliphatic carbocycles. The van der Waals surface area contributed by atoms with Crippen LogP contribution in [-0.4, -0.2) is 58.9 Å². The molecule has 4 aromatic rings. The maximum Gasteiger partial charge on any atom is 0.335 e. The fraction of sp³-hybridized carbons (Fsp3) is 0.364. The quantitative estimate of drug-likeness (QED) is 0.407. The van der Waals surface area contributed by atoms with Crippen molar-refractivity contribution in [2.75, 3.05) is 23.3 Å². The second-order valence-electron chi connectivity index (χ2n) is 8.33. The first-order chi connectivity index (χ1) is 16.9. The number of nitrogens with zero attached hydrogens (tertiary/aromatic N) is 8. The number of carboxylic acids is 1. The van der Waals surface area contributed by atoms with E-state index in [2.05, 4.69) is 35.6 Å². The summed E-state index contributed by atoms with van der Waals surface area (Å²) in [6, 6.07) is 3.44. The lowest BCUT2D eigenvalue weighted by Gasteiger charge is -2.31. The molecule has 1 aromatic carbocycles. The third-order valence-corrected chi connectivity index (χ3v) is 6.04. The van der Waals surface area contributed by atoms with Gasteiger partial charge in [0.1, 0.15) is 23.6 Å². The van der Waals surface area contributed by atoms with Gasteiger partial charge in [0.15, 0.2) is 5.82 Å². The Morgan fingerprint density at radius 2 is 2.00 bits per heavy atom. The normalized spacial score (nSPS) is 14.5. The largest absolute Gasteiger partial charge is 0.478 e. The van der Waals surface area contributed by atoms with Crippen molar-refractivity contribution in [2.45, 2.75) is 38.8 Å². The number of tetrazole rings is 1. The van der Waals surface area contributed by atoms with Crippen LogP contribution in [0.4, 0.5) is 26.2 Å². The number of carboxylic acid groups (broad SMARTS) is 1. The van der Waals surface area contributed by atoms with Crippen LogP contribution in [0.25, 0.3) is 11.0 Å². The molecule has 0 unspecified atom stereocenters. The lowest BCUT2D eigenvalue weighted by atomic mass is 10.1. The molecular weight excluding hydrogens is 460 g/mol. The number of nitrogens with one attached hydrogen (secondary N) is 1. The minimum Gasteiger partial charge on any atom is -0.478 e. The lowest BCUT2D eigenvalue weighted by Crippen LogP contribution is -2.35. The van der Waals surface area contributed by atoms with Gasteiger partial charge in [-0.05, 0) is 42.7 Å². The molecule has 35 heavy (non-hydrogen) atoms. The minimum absolute atomic E-state index is 0.00160. The predicted molar refractivity (Wildman–Crippen MR) is 123 cm³/mol. The van der Waals surface area contributed by atoms with Gasteiger partial charge in [0.25, 0.3) is 5.95 Å². The number of hydrogen-bond donors (Lipinski definition) is 2. The van der Waals surface area contributed by atoms with Gasteiger partial charge in [-0.25, -0.2) is 23.5 Å². The molecule has 13 heteroatoms. The van der Waals surface area contributed by atoms with E-state index in [1.54, 1.807) is 9.36 Å². The van der Waals surface area contributed by atoms with Crippen LogP contribution < -0.4 is 10.2 Å². The highest BCUT2D eigenvalue weighted by atomic mass is 19.1. The maximum absolute atomic E-state index is 15.1. The Bertz CT molecular complexity index is 1380. The van der Waals surface area contributed by atoms with Crippen molar-refractivity contribution >= 4 is 34.5 Å². The number of rotatable bonds is 7. The highest BCUT2D eigenvalue weighted by molar-refractivity contribution is 5.91. The number of benzene rings is 1. The fourth-order valence-electron chi connectivity index (χ4n) is 4.29. The van der Waals surface area contributed by atoms with Crippen molar-refractivity contribution in [2.24, 2.45) is 0 Å². The number of hydrogen-bond acceptors (Lipinski definition) is 8. The van der Waals surface area contributed by atoms with E-state index in [0.29, 0.717) is 31.2 Å². The van der Waals surface area contributed by atoms with Crippen LogP contribution in [0, 0.1) is 11.6 Å². The smallest absolute Gasteiger partial charge is 0.335 e. The average molecular weight is 483 g/mol. The molecule has 4 heterocycles. The Labute approximate surface area is 198 Å². The number of fused-ring (bicyclic) bond motifs is 1. The first-order valence-corrected chi connectivity index (χ1v) is 11.3. The molecule has 1 fully saturated rings. The van der Waals surface area contributed by atoms with Crippen molar-refractivity contribution in [1.29, 1.82) is 0 Å². The van der Waals surface area contributed by atoms with Crippen LogP contribution in [0.15, 0.2) is 30.7 Å². The summed E-state index contributed by atoms with van der Waals surface area (Å²) in [5.74, 6) is -1.87. The standard InChI is InChI=1S/C22H23F2N9O2/c1-2-7-33-29-22(28-30-33)31-8-5-14(6-9-31)32-11-16(24)18-19(25-12-26-20(18)32)27-17-4-3-13(21(34)35)10-15(17)23/h3-4,10-12,14H,2,5-9H2,1H3,(H,34,35)(H,25,26,27). The van der Waals surface area contributed by atoms with Crippen molar-refractivity contribution < 1.29 is 18.7 Å². The molecule has 2 N–H and O–H groups in total. The SMILES string of the molecule is CCCn1nnc(N2CCC(n3cc(F)c4c(Nc5ccc(C(=O)O)cc5F)ncnc43)CC2)n1. The molecule has 182 valence electrons. The number of aryl methyl sites for hydroxylation is 1. The number of halogens is 2. The topological polar surface area (TPSA) is 127 Å². The molecule has 5 rings (SSSR count).